The van der Waals surface area contributed by atoms with Crippen molar-refractivity contribution in [3.63, 3.8) is 0 Å². The quantitative estimate of drug-likeness (QED) is 0.647. The van der Waals surface area contributed by atoms with E-state index in [-0.39, 0.29) is 5.56 Å². The molecule has 2 aliphatic rings. The number of carbonyl (C=O) groups is 1. The first kappa shape index (κ1) is 23.7. The summed E-state index contributed by atoms with van der Waals surface area (Å²) in [5.74, 6) is -6.40. The minimum absolute atomic E-state index is 0.244. The van der Waals surface area contributed by atoms with Crippen LogP contribution in [-0.2, 0) is 26.8 Å². The number of alkyl halides is 2. The van der Waals surface area contributed by atoms with E-state index in [1.54, 1.807) is 37.3 Å². The number of amides is 1. The number of hydrogen-bond donors (Lipinski definition) is 1. The van der Waals surface area contributed by atoms with Crippen LogP contribution in [0.25, 0.3) is 0 Å². The normalized spacial score (nSPS) is 25.8. The van der Waals surface area contributed by atoms with Gasteiger partial charge < -0.3 is 5.73 Å². The first-order valence-electron chi connectivity index (χ1n) is 10.6. The van der Waals surface area contributed by atoms with E-state index in [0.717, 1.165) is 10.4 Å². The maximum atomic E-state index is 15.0. The van der Waals surface area contributed by atoms with Gasteiger partial charge in [-0.3, -0.25) is 4.79 Å². The molecular formula is C23H24F4N2O3S. The Balaban J connectivity index is 1.66. The monoisotopic (exact) mass is 484 g/mol. The van der Waals surface area contributed by atoms with Crippen molar-refractivity contribution in [2.45, 2.75) is 61.8 Å². The lowest BCUT2D eigenvalue weighted by molar-refractivity contribution is -0.156. The molecule has 178 valence electrons. The summed E-state index contributed by atoms with van der Waals surface area (Å²) in [6.45, 7) is 1.27. The fourth-order valence-electron chi connectivity index (χ4n) is 4.92. The van der Waals surface area contributed by atoms with Gasteiger partial charge in [0.1, 0.15) is 16.9 Å². The number of carbonyl (C=O) groups excluding carboxylic acids is 1. The second-order valence-electron chi connectivity index (χ2n) is 9.00. The number of primary amides is 1. The van der Waals surface area contributed by atoms with Crippen LogP contribution < -0.4 is 5.73 Å². The van der Waals surface area contributed by atoms with Crippen LogP contribution in [0.5, 0.6) is 0 Å². The maximum Gasteiger partial charge on any atom is 0.250 e. The molecule has 1 aliphatic heterocycles. The molecule has 2 aromatic rings. The van der Waals surface area contributed by atoms with Gasteiger partial charge in [0.2, 0.25) is 15.9 Å². The lowest BCUT2D eigenvalue weighted by atomic mass is 9.61. The number of nitrogens with two attached hydrogens (primary N) is 1. The lowest BCUT2D eigenvalue weighted by Crippen LogP contribution is -2.57. The highest BCUT2D eigenvalue weighted by atomic mass is 32.2. The Morgan fingerprint density at radius 3 is 2.30 bits per heavy atom. The third-order valence-corrected chi connectivity index (χ3v) is 9.14. The van der Waals surface area contributed by atoms with E-state index in [1.165, 1.54) is 0 Å². The second kappa shape index (κ2) is 8.09. The highest BCUT2D eigenvalue weighted by Crippen LogP contribution is 2.54. The van der Waals surface area contributed by atoms with Crippen molar-refractivity contribution in [2.75, 3.05) is 0 Å². The zero-order valence-electron chi connectivity index (χ0n) is 17.9. The number of hydrogen-bond acceptors (Lipinski definition) is 3. The van der Waals surface area contributed by atoms with Gasteiger partial charge in [0.15, 0.2) is 0 Å². The molecule has 2 aromatic carbocycles. The Hall–Kier alpha value is -2.46. The van der Waals surface area contributed by atoms with Gasteiger partial charge in [0.05, 0.1) is 5.41 Å². The Morgan fingerprint density at radius 2 is 1.73 bits per heavy atom. The van der Waals surface area contributed by atoms with Crippen LogP contribution in [0.4, 0.5) is 17.6 Å². The van der Waals surface area contributed by atoms with E-state index in [0.29, 0.717) is 24.5 Å². The second-order valence-corrected chi connectivity index (χ2v) is 11.1. The van der Waals surface area contributed by atoms with Crippen molar-refractivity contribution in [1.29, 1.82) is 0 Å². The summed E-state index contributed by atoms with van der Waals surface area (Å²) in [5, 5.41) is -0.808. The molecule has 2 N–H and O–H groups in total. The summed E-state index contributed by atoms with van der Waals surface area (Å²) < 4.78 is 84.8. The molecule has 1 heterocycles. The Kier molecular flexibility index (Phi) is 5.81. The molecule has 1 aliphatic carbocycles. The van der Waals surface area contributed by atoms with Gasteiger partial charge >= 0.3 is 0 Å². The van der Waals surface area contributed by atoms with Crippen molar-refractivity contribution in [3.8, 4) is 0 Å². The lowest BCUT2D eigenvalue weighted by Gasteiger charge is -2.45. The summed E-state index contributed by atoms with van der Waals surface area (Å²) >= 11 is 0. The predicted molar refractivity (Wildman–Crippen MR) is 114 cm³/mol. The van der Waals surface area contributed by atoms with Crippen LogP contribution in [-0.4, -0.2) is 30.6 Å². The molecule has 0 aromatic heterocycles. The third kappa shape index (κ3) is 4.03. The van der Waals surface area contributed by atoms with Crippen molar-refractivity contribution in [1.82, 2.24) is 4.31 Å². The minimum atomic E-state index is -3.88. The number of rotatable bonds is 5. The Bertz CT molecular complexity index is 1180. The van der Waals surface area contributed by atoms with E-state index in [9.17, 15) is 26.4 Å². The van der Waals surface area contributed by atoms with Crippen LogP contribution in [0.1, 0.15) is 54.5 Å². The van der Waals surface area contributed by atoms with Crippen LogP contribution in [0.3, 0.4) is 0 Å². The fourth-order valence-corrected chi connectivity index (χ4v) is 7.11. The van der Waals surface area contributed by atoms with Gasteiger partial charge in [0, 0.05) is 36.6 Å². The molecule has 2 fully saturated rings. The summed E-state index contributed by atoms with van der Waals surface area (Å²) in [6.07, 6.45) is -1.07. The largest absolute Gasteiger partial charge is 0.369 e. The molecule has 2 atom stereocenters. The number of nitrogens with zero attached hydrogens (tertiary/aromatic N) is 1. The predicted octanol–water partition coefficient (Wildman–Crippen LogP) is 4.17. The highest BCUT2D eigenvalue weighted by Gasteiger charge is 2.62. The summed E-state index contributed by atoms with van der Waals surface area (Å²) in [6, 6.07) is 9.70. The van der Waals surface area contributed by atoms with E-state index >= 15 is 4.39 Å². The summed E-state index contributed by atoms with van der Waals surface area (Å²) in [4.78, 5) is 11.9. The van der Waals surface area contributed by atoms with Crippen LogP contribution in [0.2, 0.25) is 0 Å². The summed E-state index contributed by atoms with van der Waals surface area (Å²) in [7, 11) is -3.88. The van der Waals surface area contributed by atoms with Gasteiger partial charge in [0.25, 0.3) is 5.92 Å². The molecule has 0 radical (unpaired) electrons. The average molecular weight is 485 g/mol. The van der Waals surface area contributed by atoms with E-state index in [1.807, 2.05) is 0 Å². The minimum Gasteiger partial charge on any atom is -0.369 e. The fraction of sp³-hybridized carbons (Fsp3) is 0.435. The van der Waals surface area contributed by atoms with Crippen molar-refractivity contribution in [3.05, 3.63) is 70.8 Å². The third-order valence-electron chi connectivity index (χ3n) is 6.77. The molecular weight excluding hydrogens is 460 g/mol. The van der Waals surface area contributed by atoms with Gasteiger partial charge in [-0.1, -0.05) is 30.3 Å². The highest BCUT2D eigenvalue weighted by molar-refractivity contribution is 7.89. The van der Waals surface area contributed by atoms with Gasteiger partial charge in [-0.15, -0.1) is 0 Å². The van der Waals surface area contributed by atoms with Crippen molar-refractivity contribution < 1.29 is 30.8 Å². The molecule has 1 amide bonds. The molecule has 1 saturated carbocycles. The molecule has 5 nitrogen and oxygen atoms in total. The number of benzene rings is 2. The molecule has 1 saturated heterocycles. The SMILES string of the molecule is C[C@H]1CC[C@H](c2ccccc2)S(=O)(=O)N1Cc1cc(F)c(C2(C(N)=O)CC(F)(F)C2)cc1F. The van der Waals surface area contributed by atoms with Crippen LogP contribution in [0, 0.1) is 11.6 Å². The smallest absolute Gasteiger partial charge is 0.250 e. The van der Waals surface area contributed by atoms with E-state index in [4.69, 9.17) is 5.73 Å². The molecule has 0 bridgehead atoms. The standard InChI is InChI=1S/C23H24F4N2O3S/c1-14-7-8-20(15-5-3-2-4-6-15)33(31,32)29(14)11-16-9-19(25)17(10-18(16)24)22(21(28)30)12-23(26,27)13-22/h2-6,9-10,14,20H,7-8,11-13H2,1H3,(H2,28,30)/t14-,20+/m0/s1. The van der Waals surface area contributed by atoms with Gasteiger partial charge in [-0.25, -0.2) is 26.0 Å². The zero-order valence-corrected chi connectivity index (χ0v) is 18.7. The first-order chi connectivity index (χ1) is 15.4. The van der Waals surface area contributed by atoms with Gasteiger partial charge in [-0.05, 0) is 37.5 Å². The molecule has 0 spiro atoms. The molecule has 10 heteroatoms. The Labute approximate surface area is 189 Å². The number of sulfonamides is 1. The molecule has 33 heavy (non-hydrogen) atoms. The zero-order chi connectivity index (χ0) is 24.2. The van der Waals surface area contributed by atoms with Crippen LogP contribution in [0.15, 0.2) is 42.5 Å². The molecule has 0 unspecified atom stereocenters. The maximum absolute atomic E-state index is 15.0. The Morgan fingerprint density at radius 1 is 1.09 bits per heavy atom. The van der Waals surface area contributed by atoms with E-state index < -0.39 is 75.1 Å². The topological polar surface area (TPSA) is 80.5 Å². The number of halogens is 4. The average Bonchev–Trinajstić information content (AvgIpc) is 2.71. The first-order valence-corrected chi connectivity index (χ1v) is 12.1. The van der Waals surface area contributed by atoms with Gasteiger partial charge in [-0.2, -0.15) is 4.31 Å². The van der Waals surface area contributed by atoms with Crippen molar-refractivity contribution >= 4 is 15.9 Å². The summed E-state index contributed by atoms with van der Waals surface area (Å²) in [5.41, 5.74) is 3.12. The van der Waals surface area contributed by atoms with Crippen molar-refractivity contribution in [2.24, 2.45) is 5.73 Å². The van der Waals surface area contributed by atoms with E-state index in [2.05, 4.69) is 0 Å². The van der Waals surface area contributed by atoms with Crippen LogP contribution >= 0.6 is 0 Å². The molecule has 4 rings (SSSR count).